The number of benzene rings is 1. The van der Waals surface area contributed by atoms with E-state index in [1.807, 2.05) is 0 Å². The minimum absolute atomic E-state index is 0.0433. The van der Waals surface area contributed by atoms with E-state index in [9.17, 15) is 9.50 Å². The molecular weight excluding hydrogens is 245 g/mol. The Morgan fingerprint density at radius 3 is 2.58 bits per heavy atom. The minimum Gasteiger partial charge on any atom is -0.494 e. The quantitative estimate of drug-likeness (QED) is 0.799. The Kier molecular flexibility index (Phi) is 5.76. The second-order valence-electron chi connectivity index (χ2n) is 5.57. The third-order valence-electron chi connectivity index (χ3n) is 3.44. The highest BCUT2D eigenvalue weighted by Gasteiger charge is 2.30. The summed E-state index contributed by atoms with van der Waals surface area (Å²) in [5.41, 5.74) is 5.89. The van der Waals surface area contributed by atoms with Crippen molar-refractivity contribution in [2.24, 2.45) is 17.1 Å². The molecule has 1 rings (SSSR count). The molecule has 0 radical (unpaired) electrons. The summed E-state index contributed by atoms with van der Waals surface area (Å²) in [7, 11) is 1.44. The van der Waals surface area contributed by atoms with Crippen LogP contribution in [0.15, 0.2) is 18.2 Å². The van der Waals surface area contributed by atoms with Gasteiger partial charge in [0, 0.05) is 12.0 Å². The molecule has 0 aliphatic rings. The summed E-state index contributed by atoms with van der Waals surface area (Å²) in [6, 6.07) is 5.06. The predicted molar refractivity (Wildman–Crippen MR) is 74.7 cm³/mol. The Morgan fingerprint density at radius 2 is 2.11 bits per heavy atom. The standard InChI is InChI=1S/C15H24FNO2/c1-11(2)7-15(9-17,10-18)8-12-5-4-6-13(19-3)14(12)16/h4-6,11,18H,7-10,17H2,1-3H3. The number of nitrogens with two attached hydrogens (primary N) is 1. The van der Waals surface area contributed by atoms with Crippen molar-refractivity contribution in [2.75, 3.05) is 20.3 Å². The molecule has 0 amide bonds. The fraction of sp³-hybridized carbons (Fsp3) is 0.600. The summed E-state index contributed by atoms with van der Waals surface area (Å²) in [4.78, 5) is 0. The topological polar surface area (TPSA) is 55.5 Å². The molecule has 0 aliphatic heterocycles. The molecule has 0 bridgehead atoms. The van der Waals surface area contributed by atoms with Gasteiger partial charge in [-0.1, -0.05) is 26.0 Å². The first-order chi connectivity index (χ1) is 8.98. The lowest BCUT2D eigenvalue weighted by Gasteiger charge is -2.32. The van der Waals surface area contributed by atoms with Crippen molar-refractivity contribution >= 4 is 0 Å². The van der Waals surface area contributed by atoms with E-state index >= 15 is 0 Å². The van der Waals surface area contributed by atoms with Gasteiger partial charge in [-0.3, -0.25) is 0 Å². The van der Waals surface area contributed by atoms with Gasteiger partial charge < -0.3 is 15.6 Å². The molecule has 1 aromatic rings. The Bertz CT molecular complexity index is 403. The molecule has 3 nitrogen and oxygen atoms in total. The molecule has 0 saturated carbocycles. The zero-order valence-electron chi connectivity index (χ0n) is 11.9. The monoisotopic (exact) mass is 269 g/mol. The fourth-order valence-corrected chi connectivity index (χ4v) is 2.53. The van der Waals surface area contributed by atoms with Crippen LogP contribution in [0.2, 0.25) is 0 Å². The molecule has 0 heterocycles. The van der Waals surface area contributed by atoms with Crippen LogP contribution in [-0.2, 0) is 6.42 Å². The highest BCUT2D eigenvalue weighted by Crippen LogP contribution is 2.32. The van der Waals surface area contributed by atoms with Gasteiger partial charge in [0.15, 0.2) is 11.6 Å². The van der Waals surface area contributed by atoms with Gasteiger partial charge in [0.1, 0.15) is 0 Å². The van der Waals surface area contributed by atoms with Gasteiger partial charge in [0.05, 0.1) is 13.7 Å². The van der Waals surface area contributed by atoms with Gasteiger partial charge in [-0.15, -0.1) is 0 Å². The highest BCUT2D eigenvalue weighted by molar-refractivity contribution is 5.31. The van der Waals surface area contributed by atoms with Crippen molar-refractivity contribution in [3.05, 3.63) is 29.6 Å². The van der Waals surface area contributed by atoms with Gasteiger partial charge in [0.2, 0.25) is 0 Å². The Morgan fingerprint density at radius 1 is 1.42 bits per heavy atom. The van der Waals surface area contributed by atoms with Crippen LogP contribution in [0.5, 0.6) is 5.75 Å². The zero-order chi connectivity index (χ0) is 14.5. The Hall–Kier alpha value is -1.13. The molecule has 4 heteroatoms. The second kappa shape index (κ2) is 6.87. The van der Waals surface area contributed by atoms with Gasteiger partial charge in [0.25, 0.3) is 0 Å². The minimum atomic E-state index is -0.471. The molecule has 1 unspecified atom stereocenters. The van der Waals surface area contributed by atoms with Crippen LogP contribution in [0.1, 0.15) is 25.8 Å². The Balaban J connectivity index is 3.03. The summed E-state index contributed by atoms with van der Waals surface area (Å²) in [6.07, 6.45) is 1.18. The first kappa shape index (κ1) is 15.9. The van der Waals surface area contributed by atoms with Crippen molar-refractivity contribution in [1.29, 1.82) is 0 Å². The van der Waals surface area contributed by atoms with Crippen molar-refractivity contribution < 1.29 is 14.2 Å². The van der Waals surface area contributed by atoms with E-state index in [0.29, 0.717) is 24.4 Å². The van der Waals surface area contributed by atoms with E-state index < -0.39 is 5.41 Å². The summed E-state index contributed by atoms with van der Waals surface area (Å²) < 4.78 is 19.1. The van der Waals surface area contributed by atoms with Gasteiger partial charge in [-0.2, -0.15) is 0 Å². The average molecular weight is 269 g/mol. The van der Waals surface area contributed by atoms with E-state index in [0.717, 1.165) is 6.42 Å². The summed E-state index contributed by atoms with van der Waals surface area (Å²) in [5, 5.41) is 9.67. The third kappa shape index (κ3) is 3.91. The van der Waals surface area contributed by atoms with Crippen LogP contribution < -0.4 is 10.5 Å². The SMILES string of the molecule is COc1cccc(CC(CN)(CO)CC(C)C)c1F. The number of rotatable bonds is 7. The molecule has 3 N–H and O–H groups in total. The van der Waals surface area contributed by atoms with Gasteiger partial charge >= 0.3 is 0 Å². The van der Waals surface area contributed by atoms with Crippen molar-refractivity contribution in [2.45, 2.75) is 26.7 Å². The lowest BCUT2D eigenvalue weighted by molar-refractivity contribution is 0.107. The lowest BCUT2D eigenvalue weighted by Crippen LogP contribution is -2.38. The second-order valence-corrected chi connectivity index (χ2v) is 5.57. The number of aliphatic hydroxyl groups is 1. The molecule has 0 fully saturated rings. The maximum Gasteiger partial charge on any atom is 0.168 e. The smallest absolute Gasteiger partial charge is 0.168 e. The molecular formula is C15H24FNO2. The molecule has 19 heavy (non-hydrogen) atoms. The molecule has 1 aromatic carbocycles. The van der Waals surface area contributed by atoms with E-state index in [4.69, 9.17) is 10.5 Å². The first-order valence-electron chi connectivity index (χ1n) is 6.60. The van der Waals surface area contributed by atoms with E-state index in [-0.39, 0.29) is 18.2 Å². The summed E-state index contributed by atoms with van der Waals surface area (Å²) >= 11 is 0. The maximum absolute atomic E-state index is 14.2. The number of methoxy groups -OCH3 is 1. The van der Waals surface area contributed by atoms with E-state index in [1.54, 1.807) is 18.2 Å². The van der Waals surface area contributed by atoms with Crippen molar-refractivity contribution in [3.8, 4) is 5.75 Å². The Labute approximate surface area is 114 Å². The maximum atomic E-state index is 14.2. The van der Waals surface area contributed by atoms with Crippen LogP contribution >= 0.6 is 0 Å². The fourth-order valence-electron chi connectivity index (χ4n) is 2.53. The number of aliphatic hydroxyl groups excluding tert-OH is 1. The van der Waals surface area contributed by atoms with Crippen LogP contribution in [0.4, 0.5) is 4.39 Å². The summed E-state index contributed by atoms with van der Waals surface area (Å²) in [5.74, 6) is 0.260. The molecule has 0 saturated heterocycles. The van der Waals surface area contributed by atoms with E-state index in [1.165, 1.54) is 7.11 Å². The largest absolute Gasteiger partial charge is 0.494 e. The molecule has 0 aromatic heterocycles. The summed E-state index contributed by atoms with van der Waals surface area (Å²) in [6.45, 7) is 4.43. The van der Waals surface area contributed by atoms with Crippen molar-refractivity contribution in [1.82, 2.24) is 0 Å². The van der Waals surface area contributed by atoms with Crippen LogP contribution in [-0.4, -0.2) is 25.4 Å². The number of hydrogen-bond donors (Lipinski definition) is 2. The average Bonchev–Trinajstić information content (AvgIpc) is 2.39. The molecule has 0 aliphatic carbocycles. The first-order valence-corrected chi connectivity index (χ1v) is 6.60. The van der Waals surface area contributed by atoms with Crippen LogP contribution in [0.3, 0.4) is 0 Å². The van der Waals surface area contributed by atoms with Crippen LogP contribution in [0.25, 0.3) is 0 Å². The molecule has 0 spiro atoms. The van der Waals surface area contributed by atoms with Gasteiger partial charge in [-0.05, 0) is 30.4 Å². The van der Waals surface area contributed by atoms with Crippen LogP contribution in [0, 0.1) is 17.2 Å². The zero-order valence-corrected chi connectivity index (χ0v) is 11.9. The third-order valence-corrected chi connectivity index (χ3v) is 3.44. The number of halogens is 1. The number of hydrogen-bond acceptors (Lipinski definition) is 3. The van der Waals surface area contributed by atoms with Crippen molar-refractivity contribution in [3.63, 3.8) is 0 Å². The molecule has 1 atom stereocenters. The predicted octanol–water partition coefficient (Wildman–Crippen LogP) is 2.36. The van der Waals surface area contributed by atoms with E-state index in [2.05, 4.69) is 13.8 Å². The van der Waals surface area contributed by atoms with Gasteiger partial charge in [-0.25, -0.2) is 4.39 Å². The highest BCUT2D eigenvalue weighted by atomic mass is 19.1. The molecule has 108 valence electrons. The number of ether oxygens (including phenoxy) is 1. The normalized spacial score (nSPS) is 14.5. The lowest BCUT2D eigenvalue weighted by atomic mass is 9.76.